The van der Waals surface area contributed by atoms with Gasteiger partial charge in [0.05, 0.1) is 13.5 Å². The Labute approximate surface area is 189 Å². The molecular formula is C27H29N3O2. The van der Waals surface area contributed by atoms with Crippen molar-refractivity contribution in [2.24, 2.45) is 0 Å². The molecule has 5 heteroatoms. The van der Waals surface area contributed by atoms with E-state index in [0.29, 0.717) is 6.54 Å². The van der Waals surface area contributed by atoms with E-state index in [9.17, 15) is 4.79 Å². The molecular weight excluding hydrogens is 398 g/mol. The molecule has 0 radical (unpaired) electrons. The van der Waals surface area contributed by atoms with Crippen LogP contribution in [0.4, 0.5) is 5.69 Å². The van der Waals surface area contributed by atoms with E-state index in [1.54, 1.807) is 7.11 Å². The molecule has 4 rings (SSSR count). The van der Waals surface area contributed by atoms with E-state index in [0.717, 1.165) is 28.1 Å². The molecule has 0 saturated heterocycles. The van der Waals surface area contributed by atoms with Crippen molar-refractivity contribution >= 4 is 22.5 Å². The van der Waals surface area contributed by atoms with Crippen molar-refractivity contribution in [2.45, 2.75) is 12.3 Å². The number of amides is 1. The number of carbonyl (C=O) groups excluding carboxylic acids is 1. The zero-order valence-corrected chi connectivity index (χ0v) is 18.8. The molecule has 1 amide bonds. The number of ether oxygens (including phenoxy) is 1. The molecule has 164 valence electrons. The molecule has 0 aliphatic carbocycles. The zero-order chi connectivity index (χ0) is 22.5. The number of nitrogens with zero attached hydrogens (tertiary/aromatic N) is 1. The highest BCUT2D eigenvalue weighted by molar-refractivity contribution is 5.84. The highest BCUT2D eigenvalue weighted by atomic mass is 16.5. The van der Waals surface area contributed by atoms with Crippen molar-refractivity contribution in [2.75, 3.05) is 32.6 Å². The molecule has 5 nitrogen and oxygen atoms in total. The van der Waals surface area contributed by atoms with Crippen LogP contribution >= 0.6 is 0 Å². The second kappa shape index (κ2) is 9.60. The Hall–Kier alpha value is -3.73. The van der Waals surface area contributed by atoms with Crippen LogP contribution < -0.4 is 15.0 Å². The summed E-state index contributed by atoms with van der Waals surface area (Å²) >= 11 is 0. The molecule has 1 aromatic heterocycles. The predicted octanol–water partition coefficient (Wildman–Crippen LogP) is 4.73. The van der Waals surface area contributed by atoms with Crippen molar-refractivity contribution in [3.8, 4) is 5.75 Å². The molecule has 4 aromatic rings. The van der Waals surface area contributed by atoms with Gasteiger partial charge in [0.25, 0.3) is 0 Å². The van der Waals surface area contributed by atoms with E-state index in [2.05, 4.69) is 57.8 Å². The number of benzene rings is 3. The minimum Gasteiger partial charge on any atom is -0.496 e. The number of H-pyrrole nitrogens is 1. The van der Waals surface area contributed by atoms with Crippen molar-refractivity contribution in [1.82, 2.24) is 10.3 Å². The first kappa shape index (κ1) is 21.5. The first-order chi connectivity index (χ1) is 15.6. The number of anilines is 1. The topological polar surface area (TPSA) is 57.4 Å². The minimum absolute atomic E-state index is 0.0238. The number of nitrogens with one attached hydrogen (secondary N) is 2. The molecule has 0 aliphatic heterocycles. The second-order valence-electron chi connectivity index (χ2n) is 8.12. The van der Waals surface area contributed by atoms with E-state index in [-0.39, 0.29) is 18.2 Å². The van der Waals surface area contributed by atoms with Crippen LogP contribution in [-0.2, 0) is 11.2 Å². The third-order valence-electron chi connectivity index (χ3n) is 5.86. The van der Waals surface area contributed by atoms with E-state index >= 15 is 0 Å². The van der Waals surface area contributed by atoms with Gasteiger partial charge < -0.3 is 19.9 Å². The SMILES string of the molecule is COc1ccccc1CC(=O)NC[C@@H](c1ccc(N(C)C)cc1)c1c[nH]c2ccccc12. The third-order valence-corrected chi connectivity index (χ3v) is 5.86. The minimum atomic E-state index is -0.0238. The fourth-order valence-electron chi connectivity index (χ4n) is 4.09. The Balaban J connectivity index is 1.59. The van der Waals surface area contributed by atoms with Gasteiger partial charge in [-0.25, -0.2) is 0 Å². The number of hydrogen-bond donors (Lipinski definition) is 2. The number of methoxy groups -OCH3 is 1. The van der Waals surface area contributed by atoms with E-state index in [4.69, 9.17) is 4.74 Å². The maximum Gasteiger partial charge on any atom is 0.224 e. The van der Waals surface area contributed by atoms with Gasteiger partial charge in [0, 0.05) is 54.9 Å². The van der Waals surface area contributed by atoms with Gasteiger partial charge in [-0.2, -0.15) is 0 Å². The lowest BCUT2D eigenvalue weighted by atomic mass is 9.90. The van der Waals surface area contributed by atoms with Crippen LogP contribution in [0.1, 0.15) is 22.6 Å². The van der Waals surface area contributed by atoms with E-state index < -0.39 is 0 Å². The van der Waals surface area contributed by atoms with Crippen LogP contribution in [0.15, 0.2) is 79.0 Å². The number of para-hydroxylation sites is 2. The summed E-state index contributed by atoms with van der Waals surface area (Å²) in [5, 5.41) is 4.33. The van der Waals surface area contributed by atoms with Crippen LogP contribution in [0.2, 0.25) is 0 Å². The Kier molecular flexibility index (Phi) is 6.45. The lowest BCUT2D eigenvalue weighted by Gasteiger charge is -2.20. The van der Waals surface area contributed by atoms with E-state index in [1.807, 2.05) is 50.5 Å². The van der Waals surface area contributed by atoms with Crippen LogP contribution in [0.3, 0.4) is 0 Å². The molecule has 0 unspecified atom stereocenters. The summed E-state index contributed by atoms with van der Waals surface area (Å²) in [4.78, 5) is 18.3. The van der Waals surface area contributed by atoms with Crippen LogP contribution in [-0.4, -0.2) is 38.6 Å². The molecule has 3 aromatic carbocycles. The Morgan fingerprint density at radius 1 is 1.00 bits per heavy atom. The maximum atomic E-state index is 12.8. The third kappa shape index (κ3) is 4.62. The Bertz CT molecular complexity index is 1190. The van der Waals surface area contributed by atoms with Crippen molar-refractivity contribution in [1.29, 1.82) is 0 Å². The van der Waals surface area contributed by atoms with Gasteiger partial charge in [0.2, 0.25) is 5.91 Å². The van der Waals surface area contributed by atoms with Crippen LogP contribution in [0.5, 0.6) is 5.75 Å². The molecule has 32 heavy (non-hydrogen) atoms. The van der Waals surface area contributed by atoms with Gasteiger partial charge in [-0.05, 0) is 35.4 Å². The summed E-state index contributed by atoms with van der Waals surface area (Å²) in [6, 6.07) is 24.4. The molecule has 0 aliphatic rings. The number of hydrogen-bond acceptors (Lipinski definition) is 3. The van der Waals surface area contributed by atoms with Crippen LogP contribution in [0.25, 0.3) is 10.9 Å². The van der Waals surface area contributed by atoms with Gasteiger partial charge in [-0.3, -0.25) is 4.79 Å². The van der Waals surface area contributed by atoms with Gasteiger partial charge in [0.15, 0.2) is 0 Å². The number of fused-ring (bicyclic) bond motifs is 1. The summed E-state index contributed by atoms with van der Waals surface area (Å²) in [5.74, 6) is 0.739. The van der Waals surface area contributed by atoms with Gasteiger partial charge in [-0.15, -0.1) is 0 Å². The fraction of sp³-hybridized carbons (Fsp3) is 0.222. The molecule has 0 spiro atoms. The molecule has 0 bridgehead atoms. The lowest BCUT2D eigenvalue weighted by molar-refractivity contribution is -0.120. The average molecular weight is 428 g/mol. The first-order valence-electron chi connectivity index (χ1n) is 10.8. The van der Waals surface area contributed by atoms with Crippen molar-refractivity contribution in [3.05, 3.63) is 95.7 Å². The Morgan fingerprint density at radius 2 is 1.72 bits per heavy atom. The monoisotopic (exact) mass is 427 g/mol. The average Bonchev–Trinajstić information content (AvgIpc) is 3.24. The van der Waals surface area contributed by atoms with Crippen molar-refractivity contribution in [3.63, 3.8) is 0 Å². The molecule has 1 heterocycles. The highest BCUT2D eigenvalue weighted by Crippen LogP contribution is 2.31. The highest BCUT2D eigenvalue weighted by Gasteiger charge is 2.20. The summed E-state index contributed by atoms with van der Waals surface area (Å²) in [6.07, 6.45) is 2.34. The normalized spacial score (nSPS) is 11.8. The second-order valence-corrected chi connectivity index (χ2v) is 8.12. The van der Waals surface area contributed by atoms with Crippen molar-refractivity contribution < 1.29 is 9.53 Å². The number of aromatic amines is 1. The lowest BCUT2D eigenvalue weighted by Crippen LogP contribution is -2.30. The quantitative estimate of drug-likeness (QED) is 0.427. The van der Waals surface area contributed by atoms with Gasteiger partial charge in [-0.1, -0.05) is 48.5 Å². The molecule has 1 atom stereocenters. The standard InChI is InChI=1S/C27H29N3O2/c1-30(2)21-14-12-19(13-15-21)23(24-18-28-25-10-6-5-9-22(24)25)17-29-27(31)16-20-8-4-7-11-26(20)32-3/h4-15,18,23,28H,16-17H2,1-3H3,(H,29,31)/t23-/m0/s1. The number of carbonyl (C=O) groups is 1. The summed E-state index contributed by atoms with van der Waals surface area (Å²) in [7, 11) is 5.69. The summed E-state index contributed by atoms with van der Waals surface area (Å²) in [5.41, 5.74) is 5.46. The Morgan fingerprint density at radius 3 is 2.47 bits per heavy atom. The molecule has 2 N–H and O–H groups in total. The summed E-state index contributed by atoms with van der Waals surface area (Å²) in [6.45, 7) is 0.511. The van der Waals surface area contributed by atoms with Gasteiger partial charge >= 0.3 is 0 Å². The molecule has 0 fully saturated rings. The zero-order valence-electron chi connectivity index (χ0n) is 18.8. The maximum absolute atomic E-state index is 12.8. The first-order valence-corrected chi connectivity index (χ1v) is 10.8. The van der Waals surface area contributed by atoms with E-state index in [1.165, 1.54) is 10.9 Å². The smallest absolute Gasteiger partial charge is 0.224 e. The van der Waals surface area contributed by atoms with Gasteiger partial charge in [0.1, 0.15) is 5.75 Å². The number of rotatable bonds is 8. The van der Waals surface area contributed by atoms with Crippen LogP contribution in [0, 0.1) is 0 Å². The predicted molar refractivity (Wildman–Crippen MR) is 131 cm³/mol. The molecule has 0 saturated carbocycles. The summed E-state index contributed by atoms with van der Waals surface area (Å²) < 4.78 is 5.39. The largest absolute Gasteiger partial charge is 0.496 e. The number of aromatic nitrogens is 1. The fourth-order valence-corrected chi connectivity index (χ4v) is 4.09.